The van der Waals surface area contributed by atoms with E-state index in [1.165, 1.54) is 12.1 Å². The van der Waals surface area contributed by atoms with E-state index in [0.29, 0.717) is 75.9 Å². The van der Waals surface area contributed by atoms with Gasteiger partial charge in [-0.05, 0) is 102 Å². The number of aromatic nitrogens is 2. The van der Waals surface area contributed by atoms with Crippen molar-refractivity contribution < 1.29 is 32.9 Å². The molecule has 3 aliphatic heterocycles. The summed E-state index contributed by atoms with van der Waals surface area (Å²) in [6, 6.07) is 61.0. The Balaban J connectivity index is 0.863. The number of piperidine rings is 1. The second kappa shape index (κ2) is 22.8. The lowest BCUT2D eigenvalue weighted by Crippen LogP contribution is -2.66. The molecule has 378 valence electrons. The highest BCUT2D eigenvalue weighted by Gasteiger charge is 2.62. The van der Waals surface area contributed by atoms with Gasteiger partial charge in [0.05, 0.1) is 61.6 Å². The first-order valence-electron chi connectivity index (χ1n) is 25.7. The molecule has 6 unspecified atom stereocenters. The molecule has 1 spiro atoms. The summed E-state index contributed by atoms with van der Waals surface area (Å²) in [7, 11) is 0. The Morgan fingerprint density at radius 3 is 1.74 bits per heavy atom. The minimum absolute atomic E-state index is 0.0580. The van der Waals surface area contributed by atoms with E-state index in [1.54, 1.807) is 12.1 Å². The number of benzene rings is 7. The Bertz CT molecular complexity index is 3070. The molecule has 3 fully saturated rings. The number of aryl methyl sites for hydroxylation is 1. The molecule has 0 aliphatic carbocycles. The molecule has 74 heavy (non-hydrogen) atoms. The van der Waals surface area contributed by atoms with Gasteiger partial charge in [-0.3, -0.25) is 4.79 Å². The Morgan fingerprint density at radius 2 is 1.16 bits per heavy atom. The molecule has 0 bridgehead atoms. The van der Waals surface area contributed by atoms with E-state index >= 15 is 0 Å². The topological polar surface area (TPSA) is 98.4 Å². The number of amides is 1. The molecular formula is C62H60ClFN4O6. The lowest BCUT2D eigenvalue weighted by atomic mass is 9.62. The number of hydrogen-bond donors (Lipinski definition) is 1. The summed E-state index contributed by atoms with van der Waals surface area (Å²) in [5.41, 5.74) is 8.13. The minimum Gasteiger partial charge on any atom is -0.374 e. The molecule has 3 saturated heterocycles. The van der Waals surface area contributed by atoms with Gasteiger partial charge >= 0.3 is 0 Å². The predicted octanol–water partition coefficient (Wildman–Crippen LogP) is 12.4. The Labute approximate surface area is 437 Å². The molecule has 3 aliphatic rings. The number of carbonyl (C=O) groups is 1. The van der Waals surface area contributed by atoms with Gasteiger partial charge in [0.2, 0.25) is 11.9 Å². The van der Waals surface area contributed by atoms with Crippen LogP contribution in [0.2, 0.25) is 5.02 Å². The number of β-lactam (4-membered cyclic amide) rings is 1. The van der Waals surface area contributed by atoms with Gasteiger partial charge < -0.3 is 38.5 Å². The van der Waals surface area contributed by atoms with Crippen LogP contribution in [0.25, 0.3) is 11.0 Å². The maximum absolute atomic E-state index is 14.5. The zero-order valence-electron chi connectivity index (χ0n) is 41.2. The number of H-pyrrole nitrogens is 1. The molecule has 12 heteroatoms. The van der Waals surface area contributed by atoms with Gasteiger partial charge in [-0.15, -0.1) is 0 Å². The van der Waals surface area contributed by atoms with Gasteiger partial charge in [0, 0.05) is 23.8 Å². The smallest absolute Gasteiger partial charge is 0.236 e. The maximum Gasteiger partial charge on any atom is 0.236 e. The Kier molecular flexibility index (Phi) is 15.3. The summed E-state index contributed by atoms with van der Waals surface area (Å²) in [6.07, 6.45) is 0.161. The van der Waals surface area contributed by atoms with Crippen molar-refractivity contribution in [1.82, 2.24) is 9.97 Å². The van der Waals surface area contributed by atoms with Gasteiger partial charge in [-0.1, -0.05) is 157 Å². The second-order valence-corrected chi connectivity index (χ2v) is 20.1. The van der Waals surface area contributed by atoms with Crippen LogP contribution in [0.3, 0.4) is 0 Å². The third-order valence-electron chi connectivity index (χ3n) is 14.9. The lowest BCUT2D eigenvalue weighted by Gasteiger charge is -2.59. The fourth-order valence-corrected chi connectivity index (χ4v) is 11.2. The fourth-order valence-electron chi connectivity index (χ4n) is 11.0. The largest absolute Gasteiger partial charge is 0.374 e. The molecule has 6 atom stereocenters. The van der Waals surface area contributed by atoms with Crippen LogP contribution in [0.1, 0.15) is 58.7 Å². The van der Waals surface area contributed by atoms with Crippen LogP contribution in [0, 0.1) is 11.2 Å². The number of rotatable bonds is 19. The number of halogens is 2. The predicted molar refractivity (Wildman–Crippen MR) is 286 cm³/mol. The SMILES string of the molecule is O=C1N(c2ccc(F)cc2)C(c2ccc(CCC3OC(COCc4ccccc4)C(OCc4ccccc4)C(OCc4ccccc4)C3OCc3ccccc3)cc2)C12CCN(c1nc3ccc(Cl)cc3[nH]1)CC2. The Morgan fingerprint density at radius 1 is 0.622 bits per heavy atom. The summed E-state index contributed by atoms with van der Waals surface area (Å²) >= 11 is 6.29. The number of imidazole rings is 1. The molecule has 11 rings (SSSR count). The highest BCUT2D eigenvalue weighted by molar-refractivity contribution is 6.31. The van der Waals surface area contributed by atoms with Crippen molar-refractivity contribution >= 4 is 40.2 Å². The molecular weight excluding hydrogens is 951 g/mol. The summed E-state index contributed by atoms with van der Waals surface area (Å²) in [6.45, 7) is 3.09. The quantitative estimate of drug-likeness (QED) is 0.0800. The number of nitrogens with zero attached hydrogens (tertiary/aromatic N) is 3. The van der Waals surface area contributed by atoms with Crippen LogP contribution in [0.5, 0.6) is 0 Å². The minimum atomic E-state index is -0.632. The highest BCUT2D eigenvalue weighted by atomic mass is 35.5. The average Bonchev–Trinajstić information content (AvgIpc) is 3.88. The third kappa shape index (κ3) is 11.1. The number of nitrogens with one attached hydrogen (secondary N) is 1. The van der Waals surface area contributed by atoms with E-state index in [2.05, 4.69) is 82.7 Å². The van der Waals surface area contributed by atoms with Crippen molar-refractivity contribution in [1.29, 1.82) is 0 Å². The van der Waals surface area contributed by atoms with Crippen LogP contribution < -0.4 is 9.80 Å². The summed E-state index contributed by atoms with van der Waals surface area (Å²) in [5.74, 6) is 0.482. The number of carbonyl (C=O) groups excluding carboxylic acids is 1. The normalized spacial score (nSPS) is 21.5. The van der Waals surface area contributed by atoms with E-state index in [4.69, 9.17) is 40.3 Å². The van der Waals surface area contributed by atoms with E-state index in [0.717, 1.165) is 50.4 Å². The van der Waals surface area contributed by atoms with Crippen LogP contribution >= 0.6 is 11.6 Å². The first-order valence-corrected chi connectivity index (χ1v) is 26.1. The van der Waals surface area contributed by atoms with Gasteiger partial charge in [-0.25, -0.2) is 9.37 Å². The van der Waals surface area contributed by atoms with Gasteiger partial charge in [0.15, 0.2) is 0 Å². The number of hydrogen-bond acceptors (Lipinski definition) is 8. The van der Waals surface area contributed by atoms with Crippen LogP contribution in [-0.2, 0) is 61.3 Å². The monoisotopic (exact) mass is 1010 g/mol. The van der Waals surface area contributed by atoms with Crippen molar-refractivity contribution in [3.8, 4) is 0 Å². The zero-order chi connectivity index (χ0) is 50.3. The number of anilines is 2. The summed E-state index contributed by atoms with van der Waals surface area (Å²) < 4.78 is 48.9. The lowest BCUT2D eigenvalue weighted by molar-refractivity contribution is -0.273. The molecule has 10 nitrogen and oxygen atoms in total. The Hall–Kier alpha value is -6.70. The van der Waals surface area contributed by atoms with Crippen molar-refractivity contribution in [2.24, 2.45) is 5.41 Å². The van der Waals surface area contributed by atoms with Gasteiger partial charge in [-0.2, -0.15) is 0 Å². The van der Waals surface area contributed by atoms with Crippen LogP contribution in [-0.4, -0.2) is 66.1 Å². The number of ether oxygens (including phenoxy) is 5. The molecule has 1 amide bonds. The third-order valence-corrected chi connectivity index (χ3v) is 15.1. The standard InChI is InChI=1S/C62H60ClFN4O6/c63-49-26-31-52-53(37-49)66-61(65-52)67-35-33-62(34-36-67)59(68(60(62)69)51-29-27-50(64)28-30-51)48-24-21-43(22-25-48)23-32-54-56(71-39-45-15-7-2-8-16-45)58(73-41-47-19-11-4-12-20-47)57(72-40-46-17-9-3-10-18-46)55(74-54)42-70-38-44-13-5-1-6-14-44/h1-22,24-31,37,54-59H,23,32-36,38-42H2,(H,65,66). The van der Waals surface area contributed by atoms with Crippen LogP contribution in [0.15, 0.2) is 188 Å². The zero-order valence-corrected chi connectivity index (χ0v) is 41.9. The summed E-state index contributed by atoms with van der Waals surface area (Å²) in [5, 5.41) is 0.643. The van der Waals surface area contributed by atoms with E-state index in [1.807, 2.05) is 95.9 Å². The van der Waals surface area contributed by atoms with E-state index < -0.39 is 35.9 Å². The van der Waals surface area contributed by atoms with Crippen molar-refractivity contribution in [2.45, 2.75) is 88.7 Å². The van der Waals surface area contributed by atoms with Crippen molar-refractivity contribution in [3.05, 3.63) is 232 Å². The van der Waals surface area contributed by atoms with E-state index in [9.17, 15) is 9.18 Å². The summed E-state index contributed by atoms with van der Waals surface area (Å²) in [4.78, 5) is 26.9. The van der Waals surface area contributed by atoms with Crippen molar-refractivity contribution in [2.75, 3.05) is 29.5 Å². The van der Waals surface area contributed by atoms with Gasteiger partial charge in [0.25, 0.3) is 0 Å². The van der Waals surface area contributed by atoms with Gasteiger partial charge in [0.1, 0.15) is 30.2 Å². The first-order chi connectivity index (χ1) is 36.4. The van der Waals surface area contributed by atoms with Crippen molar-refractivity contribution in [3.63, 3.8) is 0 Å². The molecule has 0 saturated carbocycles. The van der Waals surface area contributed by atoms with Crippen LogP contribution in [0.4, 0.5) is 16.0 Å². The number of fused-ring (bicyclic) bond motifs is 1. The maximum atomic E-state index is 14.5. The molecule has 8 aromatic rings. The molecule has 1 aromatic heterocycles. The molecule has 7 aromatic carbocycles. The average molecular weight is 1010 g/mol. The highest BCUT2D eigenvalue weighted by Crippen LogP contribution is 2.57. The molecule has 0 radical (unpaired) electrons. The second-order valence-electron chi connectivity index (χ2n) is 19.7. The van der Waals surface area contributed by atoms with E-state index in [-0.39, 0.29) is 24.4 Å². The first kappa shape index (κ1) is 49.5. The fraction of sp³-hybridized carbons (Fsp3) is 0.290. The number of aromatic amines is 1. The molecule has 4 heterocycles. The molecule has 1 N–H and O–H groups in total.